The summed E-state index contributed by atoms with van der Waals surface area (Å²) in [6.45, 7) is 7.97. The minimum atomic E-state index is -0.185. The van der Waals surface area contributed by atoms with Gasteiger partial charge in [-0.1, -0.05) is 20.8 Å². The molecule has 2 N–H and O–H groups in total. The van der Waals surface area contributed by atoms with E-state index in [9.17, 15) is 10.2 Å². The number of aliphatic hydroxyl groups is 2. The summed E-state index contributed by atoms with van der Waals surface area (Å²) < 4.78 is 5.39. The topological polar surface area (TPSA) is 49.7 Å². The Morgan fingerprint density at radius 1 is 1.04 bits per heavy atom. The molecule has 4 aliphatic carbocycles. The van der Waals surface area contributed by atoms with Gasteiger partial charge in [-0.2, -0.15) is 0 Å². The van der Waals surface area contributed by atoms with Gasteiger partial charge in [0.25, 0.3) is 0 Å². The molecule has 0 heterocycles. The molecule has 11 atom stereocenters. The number of fused-ring (bicyclic) bond motifs is 5. The van der Waals surface area contributed by atoms with Crippen LogP contribution in [0.5, 0.6) is 0 Å². The highest BCUT2D eigenvalue weighted by molar-refractivity contribution is 7.09. The highest BCUT2D eigenvalue weighted by atomic mass is 31.0. The molecule has 0 bridgehead atoms. The van der Waals surface area contributed by atoms with E-state index < -0.39 is 0 Å². The molecule has 26 heavy (non-hydrogen) atoms. The van der Waals surface area contributed by atoms with Crippen molar-refractivity contribution in [3.05, 3.63) is 0 Å². The minimum Gasteiger partial charge on any atom is -0.393 e. The van der Waals surface area contributed by atoms with Crippen LogP contribution in [0.2, 0.25) is 0 Å². The lowest BCUT2D eigenvalue weighted by atomic mass is 9.43. The molecule has 3 nitrogen and oxygen atoms in total. The van der Waals surface area contributed by atoms with Crippen molar-refractivity contribution < 1.29 is 14.7 Å². The van der Waals surface area contributed by atoms with Crippen LogP contribution in [0, 0.1) is 46.3 Å². The summed E-state index contributed by atoms with van der Waals surface area (Å²) in [4.78, 5) is 0. The van der Waals surface area contributed by atoms with Gasteiger partial charge < -0.3 is 14.7 Å². The van der Waals surface area contributed by atoms with E-state index >= 15 is 0 Å². The zero-order valence-corrected chi connectivity index (χ0v) is 18.0. The lowest BCUT2D eigenvalue weighted by Gasteiger charge is -2.62. The summed E-state index contributed by atoms with van der Waals surface area (Å²) in [5, 5.41) is 21.6. The number of aliphatic hydroxyl groups excluding tert-OH is 2. The molecule has 0 aromatic heterocycles. The Hall–Kier alpha value is 0.310. The van der Waals surface area contributed by atoms with Crippen molar-refractivity contribution in [1.29, 1.82) is 0 Å². The summed E-state index contributed by atoms with van der Waals surface area (Å²) in [6.07, 6.45) is 8.92. The van der Waals surface area contributed by atoms with Crippen LogP contribution in [0.3, 0.4) is 0 Å². The van der Waals surface area contributed by atoms with Crippen LogP contribution in [-0.4, -0.2) is 29.0 Å². The monoisotopic (exact) mass is 382 g/mol. The summed E-state index contributed by atoms with van der Waals surface area (Å²) in [5.41, 5.74) is 0.387. The van der Waals surface area contributed by atoms with Gasteiger partial charge >= 0.3 is 0 Å². The fourth-order valence-electron chi connectivity index (χ4n) is 8.43. The Kier molecular flexibility index (Phi) is 5.26. The molecular formula is C22H39O3P. The van der Waals surface area contributed by atoms with Crippen LogP contribution in [-0.2, 0) is 4.52 Å². The Bertz CT molecular complexity index is 528. The Morgan fingerprint density at radius 2 is 1.81 bits per heavy atom. The van der Waals surface area contributed by atoms with Crippen molar-refractivity contribution in [2.75, 3.05) is 6.61 Å². The molecule has 4 unspecified atom stereocenters. The molecule has 0 saturated heterocycles. The zero-order valence-electron chi connectivity index (χ0n) is 16.9. The second kappa shape index (κ2) is 6.97. The minimum absolute atomic E-state index is 0.0567. The van der Waals surface area contributed by atoms with Crippen LogP contribution in [0.4, 0.5) is 0 Å². The first-order valence-electron chi connectivity index (χ1n) is 11.0. The molecule has 4 rings (SSSR count). The molecule has 4 fully saturated rings. The largest absolute Gasteiger partial charge is 0.393 e. The predicted molar refractivity (Wildman–Crippen MR) is 107 cm³/mol. The van der Waals surface area contributed by atoms with Gasteiger partial charge in [-0.15, -0.1) is 0 Å². The fraction of sp³-hybridized carbons (Fsp3) is 1.00. The van der Waals surface area contributed by atoms with E-state index in [2.05, 4.69) is 30.2 Å². The van der Waals surface area contributed by atoms with Crippen molar-refractivity contribution in [1.82, 2.24) is 0 Å². The third kappa shape index (κ3) is 2.75. The predicted octanol–water partition coefficient (Wildman–Crippen LogP) is 4.42. The lowest BCUT2D eigenvalue weighted by molar-refractivity contribution is -0.175. The van der Waals surface area contributed by atoms with E-state index in [4.69, 9.17) is 4.52 Å². The van der Waals surface area contributed by atoms with Gasteiger partial charge in [0, 0.05) is 9.47 Å². The molecule has 0 aromatic carbocycles. The van der Waals surface area contributed by atoms with E-state index in [-0.39, 0.29) is 17.6 Å². The Labute approximate surface area is 161 Å². The second-order valence-electron chi connectivity index (χ2n) is 10.7. The summed E-state index contributed by atoms with van der Waals surface area (Å²) in [5.74, 6) is 3.82. The van der Waals surface area contributed by atoms with Gasteiger partial charge in [-0.3, -0.25) is 0 Å². The fourth-order valence-corrected chi connectivity index (χ4v) is 8.73. The van der Waals surface area contributed by atoms with E-state index in [0.717, 1.165) is 38.2 Å². The summed E-state index contributed by atoms with van der Waals surface area (Å²) >= 11 is 0. The first-order chi connectivity index (χ1) is 12.3. The zero-order chi connectivity index (χ0) is 18.7. The van der Waals surface area contributed by atoms with E-state index in [1.165, 1.54) is 25.7 Å². The van der Waals surface area contributed by atoms with Crippen molar-refractivity contribution in [3.63, 3.8) is 0 Å². The van der Waals surface area contributed by atoms with Gasteiger partial charge in [0.2, 0.25) is 0 Å². The highest BCUT2D eigenvalue weighted by Gasteiger charge is 2.63. The molecule has 0 spiro atoms. The SMILES string of the molecule is C[C@H](COP)[C@H]1CCC2C3CC[C@@H]4C[C@H](O)CC[C@]4(C)C3C[C@H](O)[C@@]21C. The van der Waals surface area contributed by atoms with E-state index in [1.807, 2.05) is 0 Å². The molecule has 0 amide bonds. The maximum Gasteiger partial charge on any atom is 0.0602 e. The van der Waals surface area contributed by atoms with E-state index in [1.54, 1.807) is 0 Å². The third-order valence-corrected chi connectivity index (χ3v) is 10.1. The lowest BCUT2D eigenvalue weighted by Crippen LogP contribution is -2.59. The van der Waals surface area contributed by atoms with E-state index in [0.29, 0.717) is 35.0 Å². The van der Waals surface area contributed by atoms with Crippen molar-refractivity contribution in [3.8, 4) is 0 Å². The third-order valence-electron chi connectivity index (χ3n) is 9.86. The smallest absolute Gasteiger partial charge is 0.0602 e. The first kappa shape index (κ1) is 19.6. The molecule has 0 aliphatic heterocycles. The van der Waals surface area contributed by atoms with Crippen LogP contribution in [0.25, 0.3) is 0 Å². The summed E-state index contributed by atoms with van der Waals surface area (Å²) in [7, 11) is 2.40. The average Bonchev–Trinajstić information content (AvgIpc) is 2.96. The van der Waals surface area contributed by atoms with Crippen LogP contribution < -0.4 is 0 Å². The standard InChI is InChI=1S/C22H39O3P/c1-13(12-25-26)17-6-7-18-16-5-4-14-10-15(23)8-9-21(14,2)19(16)11-20(24)22(17,18)3/h13-20,23-24H,4-12,26H2,1-3H3/t13-,14-,15-,16?,17-,18?,19?,20+,21+,22-/m1/s1. The van der Waals surface area contributed by atoms with Gasteiger partial charge in [0.15, 0.2) is 0 Å². The molecule has 0 aromatic rings. The first-order valence-corrected chi connectivity index (χ1v) is 11.5. The summed E-state index contributed by atoms with van der Waals surface area (Å²) in [6, 6.07) is 0. The van der Waals surface area contributed by atoms with Crippen LogP contribution in [0.15, 0.2) is 0 Å². The normalized spacial score (nSPS) is 54.9. The maximum atomic E-state index is 11.4. The Morgan fingerprint density at radius 3 is 2.54 bits per heavy atom. The van der Waals surface area contributed by atoms with Gasteiger partial charge in [-0.05, 0) is 97.7 Å². The molecule has 4 heteroatoms. The quantitative estimate of drug-likeness (QED) is 0.711. The van der Waals surface area contributed by atoms with Crippen molar-refractivity contribution in [2.24, 2.45) is 46.3 Å². The maximum absolute atomic E-state index is 11.4. The second-order valence-corrected chi connectivity index (χ2v) is 11.0. The number of hydrogen-bond donors (Lipinski definition) is 2. The van der Waals surface area contributed by atoms with Crippen molar-refractivity contribution >= 4 is 9.47 Å². The molecule has 4 saturated carbocycles. The molecular weight excluding hydrogens is 343 g/mol. The highest BCUT2D eigenvalue weighted by Crippen LogP contribution is 2.68. The number of hydrogen-bond acceptors (Lipinski definition) is 3. The average molecular weight is 383 g/mol. The van der Waals surface area contributed by atoms with Crippen LogP contribution >= 0.6 is 9.47 Å². The number of rotatable bonds is 3. The molecule has 150 valence electrons. The van der Waals surface area contributed by atoms with Gasteiger partial charge in [-0.25, -0.2) is 0 Å². The Balaban J connectivity index is 1.61. The molecule has 4 aliphatic rings. The van der Waals surface area contributed by atoms with Crippen LogP contribution in [0.1, 0.15) is 72.1 Å². The van der Waals surface area contributed by atoms with Crippen molar-refractivity contribution in [2.45, 2.75) is 84.3 Å². The van der Waals surface area contributed by atoms with Gasteiger partial charge in [0.05, 0.1) is 18.8 Å². The molecule has 0 radical (unpaired) electrons. The van der Waals surface area contributed by atoms with Gasteiger partial charge in [0.1, 0.15) is 0 Å².